The highest BCUT2D eigenvalue weighted by molar-refractivity contribution is 5.89. The molecule has 0 radical (unpaired) electrons. The first-order chi connectivity index (χ1) is 9.47. The molecule has 0 aliphatic heterocycles. The van der Waals surface area contributed by atoms with Gasteiger partial charge in [-0.3, -0.25) is 9.48 Å². The number of rotatable bonds is 4. The molecule has 0 aromatic carbocycles. The van der Waals surface area contributed by atoms with Crippen LogP contribution < -0.4 is 5.32 Å². The quantitative estimate of drug-likeness (QED) is 0.930. The second kappa shape index (κ2) is 5.86. The van der Waals surface area contributed by atoms with Crippen LogP contribution in [-0.2, 0) is 11.3 Å². The molecule has 0 bridgehead atoms. The summed E-state index contributed by atoms with van der Waals surface area (Å²) in [7, 11) is 0. The number of pyridine rings is 1. The molecule has 0 fully saturated rings. The molecule has 5 heteroatoms. The summed E-state index contributed by atoms with van der Waals surface area (Å²) in [6.45, 7) is 8.60. The van der Waals surface area contributed by atoms with E-state index in [1.54, 1.807) is 6.20 Å². The van der Waals surface area contributed by atoms with Crippen molar-refractivity contribution in [2.45, 2.75) is 40.7 Å². The Morgan fingerprint density at radius 3 is 2.65 bits per heavy atom. The highest BCUT2D eigenvalue weighted by Gasteiger charge is 2.09. The van der Waals surface area contributed by atoms with Crippen molar-refractivity contribution in [3.63, 3.8) is 0 Å². The molecule has 5 nitrogen and oxygen atoms in total. The average Bonchev–Trinajstić information content (AvgIpc) is 2.64. The number of anilines is 1. The molecule has 2 heterocycles. The Morgan fingerprint density at radius 1 is 1.30 bits per heavy atom. The van der Waals surface area contributed by atoms with Gasteiger partial charge in [-0.2, -0.15) is 5.10 Å². The maximum Gasteiger partial charge on any atom is 0.227 e. The highest BCUT2D eigenvalue weighted by atomic mass is 16.1. The lowest BCUT2D eigenvalue weighted by molar-refractivity contribution is -0.116. The van der Waals surface area contributed by atoms with E-state index in [0.29, 0.717) is 18.8 Å². The Bertz CT molecular complexity index is 631. The predicted molar refractivity (Wildman–Crippen MR) is 78.7 cm³/mol. The molecule has 1 N–H and O–H groups in total. The van der Waals surface area contributed by atoms with E-state index in [-0.39, 0.29) is 5.91 Å². The van der Waals surface area contributed by atoms with E-state index in [0.717, 1.165) is 17.0 Å². The molecule has 0 spiro atoms. The van der Waals surface area contributed by atoms with Gasteiger partial charge >= 0.3 is 0 Å². The molecule has 1 amide bonds. The fourth-order valence-electron chi connectivity index (χ4n) is 2.02. The van der Waals surface area contributed by atoms with Gasteiger partial charge in [0, 0.05) is 24.9 Å². The minimum absolute atomic E-state index is 0.0479. The molecule has 2 aromatic heterocycles. The summed E-state index contributed by atoms with van der Waals surface area (Å²) >= 11 is 0. The number of amides is 1. The van der Waals surface area contributed by atoms with Crippen LogP contribution in [0.5, 0.6) is 0 Å². The first kappa shape index (κ1) is 14.2. The number of hydrogen-bond donors (Lipinski definition) is 1. The lowest BCUT2D eigenvalue weighted by atomic mass is 10.2. The Kier molecular flexibility index (Phi) is 4.17. The van der Waals surface area contributed by atoms with E-state index in [1.807, 2.05) is 44.5 Å². The predicted octanol–water partition coefficient (Wildman–Crippen LogP) is 2.54. The Labute approximate surface area is 119 Å². The molecule has 0 unspecified atom stereocenters. The van der Waals surface area contributed by atoms with E-state index in [2.05, 4.69) is 15.4 Å². The van der Waals surface area contributed by atoms with E-state index in [9.17, 15) is 4.79 Å². The molecule has 0 aliphatic rings. The molecule has 0 aliphatic carbocycles. The number of carbonyl (C=O) groups is 1. The second-order valence-electron chi connectivity index (χ2n) is 5.04. The van der Waals surface area contributed by atoms with Gasteiger partial charge in [0.15, 0.2) is 0 Å². The largest absolute Gasteiger partial charge is 0.311 e. The SMILES string of the molecule is Cc1ccnc(NC(=O)CCn2nc(C)c(C)c2C)c1. The van der Waals surface area contributed by atoms with Crippen molar-refractivity contribution in [1.82, 2.24) is 14.8 Å². The lowest BCUT2D eigenvalue weighted by Gasteiger charge is -2.06. The van der Waals surface area contributed by atoms with Gasteiger partial charge in [-0.15, -0.1) is 0 Å². The molecule has 2 rings (SSSR count). The summed E-state index contributed by atoms with van der Waals surface area (Å²) in [5.74, 6) is 0.549. The minimum Gasteiger partial charge on any atom is -0.311 e. The summed E-state index contributed by atoms with van der Waals surface area (Å²) in [5, 5.41) is 7.23. The van der Waals surface area contributed by atoms with Crippen LogP contribution in [-0.4, -0.2) is 20.7 Å². The zero-order valence-corrected chi connectivity index (χ0v) is 12.4. The zero-order chi connectivity index (χ0) is 14.7. The molecular weight excluding hydrogens is 252 g/mol. The number of nitrogens with one attached hydrogen (secondary N) is 1. The van der Waals surface area contributed by atoms with Crippen molar-refractivity contribution >= 4 is 11.7 Å². The first-order valence-electron chi connectivity index (χ1n) is 6.70. The Hall–Kier alpha value is -2.17. The first-order valence-corrected chi connectivity index (χ1v) is 6.70. The van der Waals surface area contributed by atoms with Gasteiger partial charge < -0.3 is 5.32 Å². The molecule has 0 saturated carbocycles. The van der Waals surface area contributed by atoms with Crippen molar-refractivity contribution in [3.8, 4) is 0 Å². The normalized spacial score (nSPS) is 10.6. The van der Waals surface area contributed by atoms with Gasteiger partial charge in [-0.05, 0) is 51.0 Å². The lowest BCUT2D eigenvalue weighted by Crippen LogP contribution is -2.16. The highest BCUT2D eigenvalue weighted by Crippen LogP contribution is 2.11. The van der Waals surface area contributed by atoms with Gasteiger partial charge in [0.05, 0.1) is 5.69 Å². The fourth-order valence-corrected chi connectivity index (χ4v) is 2.02. The molecule has 0 saturated heterocycles. The molecule has 0 atom stereocenters. The third kappa shape index (κ3) is 3.23. The van der Waals surface area contributed by atoms with Gasteiger partial charge in [-0.25, -0.2) is 4.98 Å². The molecule has 20 heavy (non-hydrogen) atoms. The summed E-state index contributed by atoms with van der Waals surface area (Å²) in [5.41, 5.74) is 4.39. The van der Waals surface area contributed by atoms with Crippen LogP contribution >= 0.6 is 0 Å². The summed E-state index contributed by atoms with van der Waals surface area (Å²) < 4.78 is 1.88. The standard InChI is InChI=1S/C15H20N4O/c1-10-5-7-16-14(9-10)17-15(20)6-8-19-13(4)11(2)12(3)18-19/h5,7,9H,6,8H2,1-4H3,(H,16,17,20). The monoisotopic (exact) mass is 272 g/mol. The number of hydrogen-bond acceptors (Lipinski definition) is 3. The fraction of sp³-hybridized carbons (Fsp3) is 0.400. The smallest absolute Gasteiger partial charge is 0.227 e. The van der Waals surface area contributed by atoms with E-state index < -0.39 is 0 Å². The van der Waals surface area contributed by atoms with Crippen molar-refractivity contribution in [2.24, 2.45) is 0 Å². The maximum atomic E-state index is 11.9. The second-order valence-corrected chi connectivity index (χ2v) is 5.04. The maximum absolute atomic E-state index is 11.9. The van der Waals surface area contributed by atoms with Gasteiger partial charge in [0.2, 0.25) is 5.91 Å². The van der Waals surface area contributed by atoms with Crippen LogP contribution in [0.2, 0.25) is 0 Å². The Balaban J connectivity index is 1.94. The third-order valence-corrected chi connectivity index (χ3v) is 3.48. The van der Waals surface area contributed by atoms with Crippen LogP contribution in [0.1, 0.15) is 28.9 Å². The van der Waals surface area contributed by atoms with Gasteiger partial charge in [0.25, 0.3) is 0 Å². The summed E-state index contributed by atoms with van der Waals surface area (Å²) in [6.07, 6.45) is 2.08. The van der Waals surface area contributed by atoms with Crippen LogP contribution in [0.15, 0.2) is 18.3 Å². The third-order valence-electron chi connectivity index (χ3n) is 3.48. The molecule has 106 valence electrons. The van der Waals surface area contributed by atoms with Crippen molar-refractivity contribution in [3.05, 3.63) is 40.8 Å². The van der Waals surface area contributed by atoms with E-state index >= 15 is 0 Å². The Morgan fingerprint density at radius 2 is 2.05 bits per heavy atom. The number of carbonyl (C=O) groups excluding carboxylic acids is 1. The van der Waals surface area contributed by atoms with Crippen LogP contribution in [0, 0.1) is 27.7 Å². The number of aromatic nitrogens is 3. The summed E-state index contributed by atoms with van der Waals surface area (Å²) in [4.78, 5) is 16.0. The molecular formula is C15H20N4O. The van der Waals surface area contributed by atoms with Crippen molar-refractivity contribution in [2.75, 3.05) is 5.32 Å². The van der Waals surface area contributed by atoms with Gasteiger partial charge in [-0.1, -0.05) is 0 Å². The van der Waals surface area contributed by atoms with Gasteiger partial charge in [0.1, 0.15) is 5.82 Å². The van der Waals surface area contributed by atoms with Crippen LogP contribution in [0.4, 0.5) is 5.82 Å². The van der Waals surface area contributed by atoms with E-state index in [1.165, 1.54) is 5.56 Å². The number of aryl methyl sites for hydroxylation is 3. The average molecular weight is 272 g/mol. The van der Waals surface area contributed by atoms with Crippen molar-refractivity contribution < 1.29 is 4.79 Å². The molecule has 2 aromatic rings. The summed E-state index contributed by atoms with van der Waals surface area (Å²) in [6, 6.07) is 3.75. The van der Waals surface area contributed by atoms with Crippen LogP contribution in [0.3, 0.4) is 0 Å². The topological polar surface area (TPSA) is 59.8 Å². The zero-order valence-electron chi connectivity index (χ0n) is 12.4. The van der Waals surface area contributed by atoms with Crippen LogP contribution in [0.25, 0.3) is 0 Å². The number of nitrogens with zero attached hydrogens (tertiary/aromatic N) is 3. The van der Waals surface area contributed by atoms with Crippen molar-refractivity contribution in [1.29, 1.82) is 0 Å². The van der Waals surface area contributed by atoms with E-state index in [4.69, 9.17) is 0 Å². The minimum atomic E-state index is -0.0479.